The molecule has 0 radical (unpaired) electrons. The van der Waals surface area contributed by atoms with Crippen molar-refractivity contribution in [2.75, 3.05) is 33.0 Å². The number of rotatable bonds is 66. The van der Waals surface area contributed by atoms with Gasteiger partial charge in [0.15, 0.2) is 18.1 Å². The molecule has 0 bridgehead atoms. The van der Waals surface area contributed by atoms with Gasteiger partial charge in [-0.15, -0.1) is 0 Å². The van der Waals surface area contributed by atoms with E-state index in [0.717, 1.165) is 82.6 Å². The summed E-state index contributed by atoms with van der Waals surface area (Å²) in [6.07, 6.45) is 47.3. The molecule has 1 aromatic carbocycles. The van der Waals surface area contributed by atoms with Crippen LogP contribution in [0.2, 0.25) is 0 Å². The molecular formula is C72H137N2O14P. The first kappa shape index (κ1) is 88.1. The van der Waals surface area contributed by atoms with E-state index < -0.39 is 68.8 Å². The van der Waals surface area contributed by atoms with Crippen molar-refractivity contribution in [3.8, 4) is 0 Å². The number of ether oxygens (including phenoxy) is 7. The Balaban J connectivity index is 0. The van der Waals surface area contributed by atoms with Gasteiger partial charge in [0.05, 0.1) is 26.4 Å². The summed E-state index contributed by atoms with van der Waals surface area (Å²) in [6, 6.07) is 9.12. The molecule has 524 valence electrons. The summed E-state index contributed by atoms with van der Waals surface area (Å²) in [7, 11) is -5.16. The minimum Gasteiger partial charge on any atom is -0.462 e. The van der Waals surface area contributed by atoms with Gasteiger partial charge in [-0.2, -0.15) is 0 Å². The monoisotopic (exact) mass is 1280 g/mol. The Morgan fingerprint density at radius 1 is 0.360 bits per heavy atom. The molecule has 0 fully saturated rings. The zero-order valence-corrected chi connectivity index (χ0v) is 58.4. The molecule has 8 N–H and O–H groups in total. The van der Waals surface area contributed by atoms with E-state index in [1.807, 2.05) is 30.3 Å². The Morgan fingerprint density at radius 3 is 0.944 bits per heavy atom. The van der Waals surface area contributed by atoms with Crippen LogP contribution in [0.3, 0.4) is 0 Å². The van der Waals surface area contributed by atoms with Crippen LogP contribution < -0.4 is 12.3 Å². The number of benzene rings is 1. The maximum Gasteiger partial charge on any atom is 0.356 e. The van der Waals surface area contributed by atoms with E-state index in [2.05, 4.69) is 27.7 Å². The summed E-state index contributed by atoms with van der Waals surface area (Å²) in [5.41, 5.74) is 0.727. The van der Waals surface area contributed by atoms with E-state index >= 15 is 0 Å². The van der Waals surface area contributed by atoms with E-state index in [0.29, 0.717) is 25.7 Å². The summed E-state index contributed by atoms with van der Waals surface area (Å²) < 4.78 is 54.9. The molecule has 2 unspecified atom stereocenters. The van der Waals surface area contributed by atoms with Crippen LogP contribution in [0, 0.1) is 0 Å². The van der Waals surface area contributed by atoms with Gasteiger partial charge < -0.3 is 55.2 Å². The van der Waals surface area contributed by atoms with Crippen LogP contribution in [-0.2, 0) is 63.5 Å². The number of unbranched alkanes of at least 4 members (excludes halogenated alkanes) is 40. The first-order valence-corrected chi connectivity index (χ1v) is 37.7. The fourth-order valence-corrected chi connectivity index (χ4v) is 11.8. The Kier molecular flexibility index (Phi) is 64.5. The summed E-state index contributed by atoms with van der Waals surface area (Å²) in [5, 5.41) is 0. The zero-order valence-electron chi connectivity index (χ0n) is 57.5. The van der Waals surface area contributed by atoms with Gasteiger partial charge in [0.25, 0.3) is 0 Å². The molecule has 0 aliphatic rings. The van der Waals surface area contributed by atoms with Crippen molar-refractivity contribution in [3.05, 3.63) is 35.9 Å². The summed E-state index contributed by atoms with van der Waals surface area (Å²) >= 11 is 0. The van der Waals surface area contributed by atoms with Crippen molar-refractivity contribution in [1.82, 2.24) is 12.3 Å². The van der Waals surface area contributed by atoms with Crippen molar-refractivity contribution >= 4 is 31.5 Å². The molecule has 0 saturated heterocycles. The van der Waals surface area contributed by atoms with Crippen LogP contribution in [0.15, 0.2) is 30.3 Å². The van der Waals surface area contributed by atoms with Crippen molar-refractivity contribution in [1.29, 1.82) is 0 Å². The second kappa shape index (κ2) is 65.1. The molecule has 0 saturated carbocycles. The number of esters is 4. The maximum absolute atomic E-state index is 13.5. The number of hydrogen-bond donors (Lipinski definition) is 4. The second-order valence-electron chi connectivity index (χ2n) is 24.9. The van der Waals surface area contributed by atoms with E-state index in [-0.39, 0.29) is 64.4 Å². The molecule has 0 amide bonds. The molecule has 1 rings (SSSR count). The SMILES string of the molecule is CCCCCCCCCCCCCC(=O)OC[C@H](COC(C(COC[C@@H](COC(=O)CCCCCCCCCCCCC)OC(=O)CCCCCCCCCCCCC)OCc1ccccc1)P(=O)(O)O)OC(=O)CCCCCCCCCCCCC.N.N. The zero-order chi connectivity index (χ0) is 63.4. The van der Waals surface area contributed by atoms with Crippen LogP contribution in [0.5, 0.6) is 0 Å². The molecule has 17 heteroatoms. The van der Waals surface area contributed by atoms with Crippen LogP contribution >= 0.6 is 7.60 Å². The van der Waals surface area contributed by atoms with Gasteiger partial charge in [0.2, 0.25) is 0 Å². The lowest BCUT2D eigenvalue weighted by Crippen LogP contribution is -2.40. The largest absolute Gasteiger partial charge is 0.462 e. The summed E-state index contributed by atoms with van der Waals surface area (Å²) in [5.74, 6) is -3.72. The molecule has 0 aliphatic heterocycles. The molecule has 16 nitrogen and oxygen atoms in total. The Labute approximate surface area is 543 Å². The van der Waals surface area contributed by atoms with Crippen molar-refractivity contribution < 1.29 is 66.7 Å². The van der Waals surface area contributed by atoms with E-state index in [9.17, 15) is 33.5 Å². The third-order valence-corrected chi connectivity index (χ3v) is 17.5. The van der Waals surface area contributed by atoms with Gasteiger partial charge in [-0.25, -0.2) is 0 Å². The highest BCUT2D eigenvalue weighted by Gasteiger charge is 2.40. The topological polar surface area (TPSA) is 260 Å². The summed E-state index contributed by atoms with van der Waals surface area (Å²) in [6.45, 7) is 7.06. The van der Waals surface area contributed by atoms with Gasteiger partial charge in [-0.05, 0) is 31.2 Å². The number of carbonyl (C=O) groups excluding carboxylic acids is 4. The standard InChI is InChI=1S/C72H131O14P.2H3N/c1-5-9-13-17-21-25-29-33-37-41-48-54-68(73)82-60-65(85-70(75)56-50-43-39-35-31-27-23-19-15-11-7-3)59-80-63-67(81-58-64-52-46-45-47-53-64)72(87(77,78)79)84-62-66(86-71(76)57-51-44-40-36-32-28-24-20-16-12-8-4)61-83-69(74)55-49-42-38-34-30-26-22-18-14-10-6-2;;/h45-47,52-53,65-67,72H,5-44,48-51,54-63H2,1-4H3,(H2,77,78,79);2*1H3/t65-,66+,67?,72?;;/m0../s1. The number of carbonyl (C=O) groups is 4. The van der Waals surface area contributed by atoms with Crippen molar-refractivity contribution in [2.24, 2.45) is 0 Å². The minimum absolute atomic E-state index is 0. The van der Waals surface area contributed by atoms with Crippen molar-refractivity contribution in [3.63, 3.8) is 0 Å². The highest BCUT2D eigenvalue weighted by atomic mass is 31.2. The Morgan fingerprint density at radius 2 is 0.640 bits per heavy atom. The van der Waals surface area contributed by atoms with E-state index in [1.54, 1.807) is 0 Å². The molecular weight excluding hydrogens is 1150 g/mol. The van der Waals surface area contributed by atoms with E-state index in [1.165, 1.54) is 180 Å². The van der Waals surface area contributed by atoms with Gasteiger partial charge in [0.1, 0.15) is 19.3 Å². The summed E-state index contributed by atoms with van der Waals surface area (Å²) in [4.78, 5) is 74.7. The quantitative estimate of drug-likeness (QED) is 0.0204. The highest BCUT2D eigenvalue weighted by Crippen LogP contribution is 2.45. The van der Waals surface area contributed by atoms with E-state index in [4.69, 9.17) is 33.2 Å². The fourth-order valence-electron chi connectivity index (χ4n) is 10.9. The highest BCUT2D eigenvalue weighted by molar-refractivity contribution is 7.52. The number of hydrogen-bond acceptors (Lipinski definition) is 14. The second-order valence-corrected chi connectivity index (χ2v) is 26.6. The lowest BCUT2D eigenvalue weighted by Gasteiger charge is -2.30. The predicted molar refractivity (Wildman–Crippen MR) is 364 cm³/mol. The lowest BCUT2D eigenvalue weighted by atomic mass is 10.1. The third kappa shape index (κ3) is 57.4. The average Bonchev–Trinajstić information content (AvgIpc) is 2.73. The molecule has 0 aliphatic carbocycles. The fraction of sp³-hybridized carbons (Fsp3) is 0.861. The smallest absolute Gasteiger partial charge is 0.356 e. The molecule has 0 heterocycles. The molecule has 89 heavy (non-hydrogen) atoms. The first-order chi connectivity index (χ1) is 42.4. The van der Waals surface area contributed by atoms with Crippen LogP contribution in [0.1, 0.15) is 341 Å². The normalized spacial score (nSPS) is 12.8. The van der Waals surface area contributed by atoms with Crippen LogP contribution in [0.25, 0.3) is 0 Å². The van der Waals surface area contributed by atoms with Crippen LogP contribution in [0.4, 0.5) is 0 Å². The Hall–Kier alpha value is -2.95. The molecule has 0 spiro atoms. The van der Waals surface area contributed by atoms with Crippen molar-refractivity contribution in [2.45, 2.75) is 367 Å². The average molecular weight is 1290 g/mol. The van der Waals surface area contributed by atoms with Gasteiger partial charge in [-0.3, -0.25) is 23.7 Å². The molecule has 1 aromatic rings. The van der Waals surface area contributed by atoms with Crippen LogP contribution in [-0.4, -0.2) is 90.9 Å². The Bertz CT molecular complexity index is 1770. The molecule has 4 atom stereocenters. The lowest BCUT2D eigenvalue weighted by molar-refractivity contribution is -0.168. The van der Waals surface area contributed by atoms with Gasteiger partial charge in [-0.1, -0.05) is 315 Å². The minimum atomic E-state index is -5.16. The third-order valence-electron chi connectivity index (χ3n) is 16.4. The first-order valence-electron chi connectivity index (χ1n) is 36.0. The molecule has 0 aromatic heterocycles. The van der Waals surface area contributed by atoms with Gasteiger partial charge in [0, 0.05) is 25.7 Å². The maximum atomic E-state index is 13.5. The predicted octanol–water partition coefficient (Wildman–Crippen LogP) is 20.1. The van der Waals surface area contributed by atoms with Gasteiger partial charge >= 0.3 is 31.5 Å².